The maximum atomic E-state index is 11.0. The highest BCUT2D eigenvalue weighted by Gasteiger charge is 2.21. The van der Waals surface area contributed by atoms with Crippen molar-refractivity contribution in [2.75, 3.05) is 17.3 Å². The van der Waals surface area contributed by atoms with E-state index in [2.05, 4.69) is 35.4 Å². The monoisotopic (exact) mass is 280 g/mol. The van der Waals surface area contributed by atoms with Gasteiger partial charge in [0, 0.05) is 13.0 Å². The third kappa shape index (κ3) is 2.95. The summed E-state index contributed by atoms with van der Waals surface area (Å²) in [5.41, 5.74) is 2.27. The smallest absolute Gasteiger partial charge is 0.332 e. The van der Waals surface area contributed by atoms with Gasteiger partial charge < -0.3 is 9.84 Å². The van der Waals surface area contributed by atoms with Crippen LogP contribution in [0.1, 0.15) is 11.5 Å². The summed E-state index contributed by atoms with van der Waals surface area (Å²) in [6, 6.07) is 0. The van der Waals surface area contributed by atoms with Gasteiger partial charge in [0.1, 0.15) is 5.69 Å². The third-order valence-corrected chi connectivity index (χ3v) is 2.42. The molecule has 4 N–H and O–H groups in total. The van der Waals surface area contributed by atoms with E-state index >= 15 is 0 Å². The number of anilines is 2. The molecule has 0 bridgehead atoms. The van der Waals surface area contributed by atoms with E-state index in [1.165, 1.54) is 13.3 Å². The number of nitrogen functional groups attached to an aromatic ring is 1. The Balaban J connectivity index is 2.16. The van der Waals surface area contributed by atoms with Crippen molar-refractivity contribution >= 4 is 17.5 Å². The lowest BCUT2D eigenvalue weighted by Crippen LogP contribution is -2.15. The maximum Gasteiger partial charge on any atom is 0.332 e. The molecule has 2 heterocycles. The fourth-order valence-corrected chi connectivity index (χ4v) is 1.57. The molecule has 0 saturated heterocycles. The van der Waals surface area contributed by atoms with Crippen LogP contribution in [0.4, 0.5) is 17.5 Å². The van der Waals surface area contributed by atoms with Crippen LogP contribution in [0, 0.1) is 17.0 Å². The Labute approximate surface area is 112 Å². The first kappa shape index (κ1) is 13.6. The zero-order valence-electron chi connectivity index (χ0n) is 10.5. The number of nitrogens with one attached hydrogen (secondary N) is 2. The van der Waals surface area contributed by atoms with Crippen LogP contribution in [0.25, 0.3) is 0 Å². The first-order chi connectivity index (χ1) is 9.61. The van der Waals surface area contributed by atoms with Crippen molar-refractivity contribution in [3.05, 3.63) is 28.0 Å². The van der Waals surface area contributed by atoms with Gasteiger partial charge in [-0.3, -0.25) is 15.5 Å². The second kappa shape index (κ2) is 5.88. The number of hydrogen-bond acceptors (Lipinski definition) is 10. The van der Waals surface area contributed by atoms with E-state index in [1.54, 1.807) is 0 Å². The average Bonchev–Trinajstić information content (AvgIpc) is 2.90. The van der Waals surface area contributed by atoms with Crippen LogP contribution >= 0.6 is 0 Å². The molecule has 0 fully saturated rings. The van der Waals surface area contributed by atoms with Crippen LogP contribution in [0.3, 0.4) is 0 Å². The molecule has 20 heavy (non-hydrogen) atoms. The standard InChI is InChI=1S/C9H12N8O3/c1-5-7(17(18)19)8(14-9(13-5)15-10)11-3-2-6-12-4-20-16-6/h4H,2-3,10H2,1H3,(H2,11,13,14,15). The molecule has 0 aliphatic rings. The molecular weight excluding hydrogens is 268 g/mol. The molecule has 0 radical (unpaired) electrons. The molecule has 0 aliphatic heterocycles. The Bertz CT molecular complexity index is 599. The summed E-state index contributed by atoms with van der Waals surface area (Å²) < 4.78 is 4.59. The molecule has 2 aromatic heterocycles. The topological polar surface area (TPSA) is 158 Å². The van der Waals surface area contributed by atoms with Crippen molar-refractivity contribution in [1.82, 2.24) is 20.1 Å². The van der Waals surface area contributed by atoms with Crippen LogP contribution in [0.5, 0.6) is 0 Å². The van der Waals surface area contributed by atoms with Crippen LogP contribution in [-0.2, 0) is 6.42 Å². The van der Waals surface area contributed by atoms with Gasteiger partial charge >= 0.3 is 5.69 Å². The fraction of sp³-hybridized carbons (Fsp3) is 0.333. The molecular formula is C9H12N8O3. The van der Waals surface area contributed by atoms with Gasteiger partial charge in [-0.15, -0.1) is 0 Å². The van der Waals surface area contributed by atoms with Crippen molar-refractivity contribution in [2.45, 2.75) is 13.3 Å². The zero-order chi connectivity index (χ0) is 14.5. The van der Waals surface area contributed by atoms with Crippen molar-refractivity contribution < 1.29 is 9.45 Å². The summed E-state index contributed by atoms with van der Waals surface area (Å²) >= 11 is 0. The van der Waals surface area contributed by atoms with Gasteiger partial charge in [-0.25, -0.2) is 10.8 Å². The number of aromatic nitrogens is 4. The first-order valence-corrected chi connectivity index (χ1v) is 5.60. The van der Waals surface area contributed by atoms with Gasteiger partial charge in [0.15, 0.2) is 5.82 Å². The lowest BCUT2D eigenvalue weighted by atomic mass is 10.3. The van der Waals surface area contributed by atoms with Crippen molar-refractivity contribution in [1.29, 1.82) is 0 Å². The van der Waals surface area contributed by atoms with Gasteiger partial charge in [-0.05, 0) is 6.92 Å². The highest BCUT2D eigenvalue weighted by atomic mass is 16.6. The largest absolute Gasteiger partial charge is 0.364 e. The van der Waals surface area contributed by atoms with E-state index in [4.69, 9.17) is 5.84 Å². The Kier molecular flexibility index (Phi) is 4.00. The summed E-state index contributed by atoms with van der Waals surface area (Å²) in [7, 11) is 0. The summed E-state index contributed by atoms with van der Waals surface area (Å²) in [6.07, 6.45) is 1.64. The Hall–Kier alpha value is -2.82. The summed E-state index contributed by atoms with van der Waals surface area (Å²) in [5, 5.41) is 17.5. The number of rotatable bonds is 6. The molecule has 11 heteroatoms. The molecule has 0 aliphatic carbocycles. The molecule has 2 rings (SSSR count). The molecule has 0 amide bonds. The lowest BCUT2D eigenvalue weighted by molar-refractivity contribution is -0.385. The third-order valence-electron chi connectivity index (χ3n) is 2.42. The molecule has 11 nitrogen and oxygen atoms in total. The van der Waals surface area contributed by atoms with E-state index in [9.17, 15) is 10.1 Å². The van der Waals surface area contributed by atoms with Gasteiger partial charge in [-0.1, -0.05) is 5.16 Å². The van der Waals surface area contributed by atoms with Crippen LogP contribution < -0.4 is 16.6 Å². The van der Waals surface area contributed by atoms with Gasteiger partial charge in [-0.2, -0.15) is 9.97 Å². The van der Waals surface area contributed by atoms with Crippen molar-refractivity contribution in [3.63, 3.8) is 0 Å². The van der Waals surface area contributed by atoms with E-state index in [0.717, 1.165) is 0 Å². The minimum absolute atomic E-state index is 0.0824. The summed E-state index contributed by atoms with van der Waals surface area (Å²) in [4.78, 5) is 22.1. The second-order valence-electron chi connectivity index (χ2n) is 3.76. The number of nitrogens with zero attached hydrogens (tertiary/aromatic N) is 5. The Morgan fingerprint density at radius 2 is 2.30 bits per heavy atom. The highest BCUT2D eigenvalue weighted by Crippen LogP contribution is 2.26. The van der Waals surface area contributed by atoms with Crippen LogP contribution in [-0.4, -0.2) is 31.6 Å². The highest BCUT2D eigenvalue weighted by molar-refractivity contribution is 5.60. The van der Waals surface area contributed by atoms with E-state index in [-0.39, 0.29) is 23.1 Å². The van der Waals surface area contributed by atoms with E-state index < -0.39 is 4.92 Å². The molecule has 0 atom stereocenters. The average molecular weight is 280 g/mol. The molecule has 106 valence electrons. The van der Waals surface area contributed by atoms with E-state index in [1.807, 2.05) is 0 Å². The predicted octanol–water partition coefficient (Wildman–Crippen LogP) is 0.0164. The number of hydrogen-bond donors (Lipinski definition) is 3. The molecule has 2 aromatic rings. The second-order valence-corrected chi connectivity index (χ2v) is 3.76. The SMILES string of the molecule is Cc1nc(NN)nc(NCCc2ncon2)c1[N+](=O)[O-]. The molecule has 0 saturated carbocycles. The van der Waals surface area contributed by atoms with Crippen molar-refractivity contribution in [2.24, 2.45) is 5.84 Å². The first-order valence-electron chi connectivity index (χ1n) is 5.60. The summed E-state index contributed by atoms with van der Waals surface area (Å²) in [5.74, 6) is 5.88. The number of nitro groups is 1. The molecule has 0 aromatic carbocycles. The quantitative estimate of drug-likeness (QED) is 0.374. The molecule has 0 unspecified atom stereocenters. The van der Waals surface area contributed by atoms with Crippen molar-refractivity contribution in [3.8, 4) is 0 Å². The summed E-state index contributed by atoms with van der Waals surface area (Å²) in [6.45, 7) is 1.85. The predicted molar refractivity (Wildman–Crippen MR) is 67.7 cm³/mol. The fourth-order valence-electron chi connectivity index (χ4n) is 1.57. The molecule has 0 spiro atoms. The number of nitrogens with two attached hydrogens (primary N) is 1. The number of aryl methyl sites for hydroxylation is 1. The normalized spacial score (nSPS) is 10.3. The Morgan fingerprint density at radius 3 is 2.90 bits per heavy atom. The minimum atomic E-state index is -0.549. The zero-order valence-corrected chi connectivity index (χ0v) is 10.5. The van der Waals surface area contributed by atoms with E-state index in [0.29, 0.717) is 18.8 Å². The van der Waals surface area contributed by atoms with Gasteiger partial charge in [0.25, 0.3) is 0 Å². The minimum Gasteiger partial charge on any atom is -0.364 e. The van der Waals surface area contributed by atoms with Gasteiger partial charge in [0.05, 0.1) is 4.92 Å². The maximum absolute atomic E-state index is 11.0. The lowest BCUT2D eigenvalue weighted by Gasteiger charge is -2.08. The van der Waals surface area contributed by atoms with Crippen LogP contribution in [0.15, 0.2) is 10.9 Å². The Morgan fingerprint density at radius 1 is 1.50 bits per heavy atom. The number of hydrazine groups is 1. The van der Waals surface area contributed by atoms with Crippen LogP contribution in [0.2, 0.25) is 0 Å². The van der Waals surface area contributed by atoms with Gasteiger partial charge in [0.2, 0.25) is 18.2 Å².